The van der Waals surface area contributed by atoms with Crippen molar-refractivity contribution >= 4 is 28.8 Å². The Hall–Kier alpha value is -3.69. The number of rotatable bonds is 11. The molecule has 0 aliphatic carbocycles. The highest BCUT2D eigenvalue weighted by Crippen LogP contribution is 2.36. The van der Waals surface area contributed by atoms with Crippen molar-refractivity contribution < 1.29 is 19.0 Å². The average molecular weight is 554 g/mol. The van der Waals surface area contributed by atoms with Crippen molar-refractivity contribution in [3.63, 3.8) is 0 Å². The molecule has 0 amide bonds. The Morgan fingerprint density at radius 3 is 2.61 bits per heavy atom. The van der Waals surface area contributed by atoms with Gasteiger partial charge in [0, 0.05) is 24.3 Å². The van der Waals surface area contributed by atoms with Crippen LogP contribution in [0.4, 0.5) is 4.39 Å². The molecule has 0 radical (unpaired) electrons. The first kappa shape index (κ1) is 30.5. The van der Waals surface area contributed by atoms with Gasteiger partial charge in [-0.15, -0.1) is 0 Å². The first-order valence-electron chi connectivity index (χ1n) is 11.5. The molecule has 0 saturated heterocycles. The van der Waals surface area contributed by atoms with Crippen LogP contribution in [0.25, 0.3) is 5.57 Å². The molecule has 0 aromatic heterocycles. The van der Waals surface area contributed by atoms with Crippen LogP contribution in [0.15, 0.2) is 79.7 Å². The Morgan fingerprint density at radius 2 is 1.95 bits per heavy atom. The summed E-state index contributed by atoms with van der Waals surface area (Å²) in [5.41, 5.74) is 0.374. The molecule has 0 bridgehead atoms. The quantitative estimate of drug-likeness (QED) is 0.172. The molecular formula is C29H26Cl2FN3O3. The van der Waals surface area contributed by atoms with Crippen molar-refractivity contribution in [3.8, 4) is 23.6 Å². The van der Waals surface area contributed by atoms with Crippen LogP contribution in [0, 0.1) is 22.7 Å². The lowest BCUT2D eigenvalue weighted by atomic mass is 9.99. The smallest absolute Gasteiger partial charge is 0.148 e. The van der Waals surface area contributed by atoms with Crippen LogP contribution in [0.2, 0.25) is 10.0 Å². The highest BCUT2D eigenvalue weighted by atomic mass is 35.5. The minimum Gasteiger partial charge on any atom is -0.456 e. The maximum absolute atomic E-state index is 14.0. The summed E-state index contributed by atoms with van der Waals surface area (Å²) in [4.78, 5) is 0. The second-order valence-corrected chi connectivity index (χ2v) is 8.29. The maximum atomic E-state index is 14.0. The van der Waals surface area contributed by atoms with Crippen molar-refractivity contribution in [2.45, 2.75) is 13.2 Å². The molecule has 0 fully saturated rings. The molecule has 2 rings (SSSR count). The molecule has 2 N–H and O–H groups in total. The van der Waals surface area contributed by atoms with Crippen molar-refractivity contribution in [2.75, 3.05) is 19.8 Å². The van der Waals surface area contributed by atoms with E-state index < -0.39 is 6.23 Å². The molecule has 0 saturated carbocycles. The lowest BCUT2D eigenvalue weighted by Gasteiger charge is -2.15. The molecule has 38 heavy (non-hydrogen) atoms. The number of allylic oxidation sites excluding steroid dienone is 4. The number of ether oxygens (including phenoxy) is 2. The molecule has 6 nitrogen and oxygen atoms in total. The van der Waals surface area contributed by atoms with E-state index in [9.17, 15) is 20.0 Å². The third kappa shape index (κ3) is 8.71. The van der Waals surface area contributed by atoms with E-state index in [-0.39, 0.29) is 43.8 Å². The minimum absolute atomic E-state index is 0.0218. The summed E-state index contributed by atoms with van der Waals surface area (Å²) in [7, 11) is 0. The van der Waals surface area contributed by atoms with E-state index in [1.165, 1.54) is 42.5 Å². The van der Waals surface area contributed by atoms with Crippen LogP contribution in [0.3, 0.4) is 0 Å². The van der Waals surface area contributed by atoms with Gasteiger partial charge in [-0.05, 0) is 42.8 Å². The Morgan fingerprint density at radius 1 is 1.18 bits per heavy atom. The molecule has 196 valence electrons. The number of nitrogens with one attached hydrogen (secondary N) is 1. The second-order valence-electron chi connectivity index (χ2n) is 7.51. The monoisotopic (exact) mass is 553 g/mol. The normalized spacial score (nSPS) is 11.8. The van der Waals surface area contributed by atoms with Gasteiger partial charge in [0.15, 0.2) is 0 Å². The van der Waals surface area contributed by atoms with Crippen LogP contribution in [-0.2, 0) is 4.74 Å². The number of hydrogen-bond acceptors (Lipinski definition) is 6. The largest absolute Gasteiger partial charge is 0.456 e. The van der Waals surface area contributed by atoms with Gasteiger partial charge in [0.1, 0.15) is 34.9 Å². The first-order valence-corrected chi connectivity index (χ1v) is 12.2. The van der Waals surface area contributed by atoms with Gasteiger partial charge in [-0.1, -0.05) is 66.2 Å². The van der Waals surface area contributed by atoms with Gasteiger partial charge in [-0.25, -0.2) is 4.39 Å². The van der Waals surface area contributed by atoms with Gasteiger partial charge in [0.2, 0.25) is 0 Å². The zero-order valence-electron chi connectivity index (χ0n) is 20.6. The molecule has 1 atom stereocenters. The Bertz CT molecular complexity index is 1350. The molecule has 2 aromatic rings. The van der Waals surface area contributed by atoms with Crippen molar-refractivity contribution in [2.24, 2.45) is 0 Å². The Labute approximate surface area is 231 Å². The van der Waals surface area contributed by atoms with Crippen LogP contribution >= 0.6 is 23.2 Å². The molecule has 0 heterocycles. The summed E-state index contributed by atoms with van der Waals surface area (Å²) >= 11 is 12.9. The van der Waals surface area contributed by atoms with E-state index in [1.807, 2.05) is 19.1 Å². The zero-order chi connectivity index (χ0) is 27.9. The number of aliphatic hydroxyl groups excluding tert-OH is 1. The van der Waals surface area contributed by atoms with E-state index in [0.717, 1.165) is 0 Å². The van der Waals surface area contributed by atoms with E-state index in [4.69, 9.17) is 32.7 Å². The summed E-state index contributed by atoms with van der Waals surface area (Å²) in [5, 5.41) is 33.1. The van der Waals surface area contributed by atoms with Crippen LogP contribution < -0.4 is 10.1 Å². The number of halogens is 3. The Kier molecular flexibility index (Phi) is 13.0. The minimum atomic E-state index is -0.997. The fourth-order valence-electron chi connectivity index (χ4n) is 3.19. The topological polar surface area (TPSA) is 98.3 Å². The SMILES string of the molecule is C=C/C=C\C(=C\F)c1cc(Oc2cccc(C(O)NCCOCC)c2)c(Cl)c(Cl)cccc(C#N)c1C#N. The van der Waals surface area contributed by atoms with Crippen molar-refractivity contribution in [1.82, 2.24) is 5.32 Å². The number of aliphatic hydroxyl groups is 1. The van der Waals surface area contributed by atoms with E-state index >= 15 is 0 Å². The molecule has 2 aromatic carbocycles. The summed E-state index contributed by atoms with van der Waals surface area (Å²) in [5.74, 6) is 0.259. The predicted molar refractivity (Wildman–Crippen MR) is 148 cm³/mol. The third-order valence-electron chi connectivity index (χ3n) is 5.01. The summed E-state index contributed by atoms with van der Waals surface area (Å²) < 4.78 is 25.4. The lowest BCUT2D eigenvalue weighted by Crippen LogP contribution is -2.25. The lowest BCUT2D eigenvalue weighted by molar-refractivity contribution is 0.104. The van der Waals surface area contributed by atoms with E-state index in [0.29, 0.717) is 31.7 Å². The van der Waals surface area contributed by atoms with Crippen LogP contribution in [0.1, 0.15) is 35.4 Å². The highest BCUT2D eigenvalue weighted by molar-refractivity contribution is 6.42. The van der Waals surface area contributed by atoms with Gasteiger partial charge < -0.3 is 14.6 Å². The summed E-state index contributed by atoms with van der Waals surface area (Å²) in [6, 6.07) is 16.1. The van der Waals surface area contributed by atoms with Gasteiger partial charge in [-0.3, -0.25) is 5.32 Å². The number of benzene rings is 1. The highest BCUT2D eigenvalue weighted by Gasteiger charge is 2.14. The van der Waals surface area contributed by atoms with Crippen LogP contribution in [-0.4, -0.2) is 24.9 Å². The first-order chi connectivity index (χ1) is 18.4. The Balaban J connectivity index is 2.73. The maximum Gasteiger partial charge on any atom is 0.148 e. The van der Waals surface area contributed by atoms with Crippen molar-refractivity contribution in [1.29, 1.82) is 10.5 Å². The van der Waals surface area contributed by atoms with Crippen molar-refractivity contribution in [3.05, 3.63) is 112 Å². The summed E-state index contributed by atoms with van der Waals surface area (Å²) in [6.45, 7) is 6.89. The molecule has 0 spiro atoms. The molecule has 1 unspecified atom stereocenters. The average Bonchev–Trinajstić information content (AvgIpc) is 2.93. The molecule has 0 aliphatic rings. The van der Waals surface area contributed by atoms with Gasteiger partial charge in [0.25, 0.3) is 0 Å². The fraction of sp³-hybridized carbons (Fsp3) is 0.172. The molecular weight excluding hydrogens is 528 g/mol. The van der Waals surface area contributed by atoms with E-state index in [2.05, 4.69) is 11.9 Å². The summed E-state index contributed by atoms with van der Waals surface area (Å²) in [6.07, 6.45) is 3.59. The number of nitrogens with zero attached hydrogens (tertiary/aromatic N) is 2. The van der Waals surface area contributed by atoms with Crippen LogP contribution in [0.5, 0.6) is 11.5 Å². The van der Waals surface area contributed by atoms with E-state index in [1.54, 1.807) is 24.3 Å². The van der Waals surface area contributed by atoms with Gasteiger partial charge in [0.05, 0.1) is 29.1 Å². The standard InChI is InChI=1S/C29H26Cl2FN3O3/c1-3-5-8-21(17-32)24-16-27(28(31)26(30)12-7-10-22(18-33)25(24)19-34)38-23-11-6-9-20(15-23)29(36)35-13-14-37-4-2/h3,5-12,15-17,29,35-36H,1,4,13-14H2,2H3/b8-5-,10-7?,12-7?,21-17-,22-10?,24-16?,25-22?,25-24?,26-12?,27-16?,28-26?,28-27?. The number of hydrogen-bond donors (Lipinski definition) is 2. The van der Waals surface area contributed by atoms with Gasteiger partial charge >= 0.3 is 0 Å². The number of nitriles is 2. The fourth-order valence-corrected chi connectivity index (χ4v) is 3.51. The van der Waals surface area contributed by atoms with Gasteiger partial charge in [-0.2, -0.15) is 10.5 Å². The molecule has 9 heteroatoms. The predicted octanol–water partition coefficient (Wildman–Crippen LogP) is 7.32. The third-order valence-corrected chi connectivity index (χ3v) is 5.81. The second kappa shape index (κ2) is 16.2. The zero-order valence-corrected chi connectivity index (χ0v) is 22.1. The molecule has 0 aliphatic heterocycles.